The van der Waals surface area contributed by atoms with Gasteiger partial charge in [-0.05, 0) is 36.8 Å². The molecule has 0 unspecified atom stereocenters. The van der Waals surface area contributed by atoms with Gasteiger partial charge in [0.15, 0.2) is 0 Å². The maximum Gasteiger partial charge on any atom is 0.252 e. The average Bonchev–Trinajstić information content (AvgIpc) is 3.09. The van der Waals surface area contributed by atoms with E-state index in [1.54, 1.807) is 12.1 Å². The van der Waals surface area contributed by atoms with Gasteiger partial charge in [0.25, 0.3) is 5.91 Å². The Morgan fingerprint density at radius 2 is 2.04 bits per heavy atom. The summed E-state index contributed by atoms with van der Waals surface area (Å²) in [4.78, 5) is 28.2. The molecule has 0 bridgehead atoms. The van der Waals surface area contributed by atoms with Crippen LogP contribution in [-0.4, -0.2) is 16.8 Å². The van der Waals surface area contributed by atoms with Crippen LogP contribution >= 0.6 is 22.9 Å². The first-order valence-electron chi connectivity index (χ1n) is 8.43. The van der Waals surface area contributed by atoms with Crippen molar-refractivity contribution in [1.82, 2.24) is 4.98 Å². The zero-order valence-electron chi connectivity index (χ0n) is 15.1. The molecule has 0 fully saturated rings. The Bertz CT molecular complexity index is 1020. The van der Waals surface area contributed by atoms with Gasteiger partial charge in [0.1, 0.15) is 17.4 Å². The lowest BCUT2D eigenvalue weighted by Crippen LogP contribution is -2.15. The van der Waals surface area contributed by atoms with Gasteiger partial charge in [-0.1, -0.05) is 29.8 Å². The summed E-state index contributed by atoms with van der Waals surface area (Å²) in [5, 5.41) is 5.78. The Hall–Kier alpha value is -2.90. The van der Waals surface area contributed by atoms with Crippen molar-refractivity contribution in [2.45, 2.75) is 20.0 Å². The quantitative estimate of drug-likeness (QED) is 0.610. The number of amides is 2. The number of benzene rings is 2. The Labute approximate surface area is 171 Å². The number of aryl methyl sites for hydroxylation is 1. The lowest BCUT2D eigenvalue weighted by molar-refractivity contribution is -0.115. The zero-order chi connectivity index (χ0) is 20.1. The van der Waals surface area contributed by atoms with Crippen molar-refractivity contribution in [1.29, 1.82) is 0 Å². The topological polar surface area (TPSA) is 94.3 Å². The molecule has 144 valence electrons. The van der Waals surface area contributed by atoms with E-state index in [0.29, 0.717) is 21.5 Å². The second kappa shape index (κ2) is 8.86. The number of anilines is 1. The summed E-state index contributed by atoms with van der Waals surface area (Å²) >= 11 is 7.26. The largest absolute Gasteiger partial charge is 0.486 e. The minimum atomic E-state index is -0.621. The number of aromatic nitrogens is 1. The van der Waals surface area contributed by atoms with Crippen molar-refractivity contribution < 1.29 is 14.3 Å². The lowest BCUT2D eigenvalue weighted by atomic mass is 10.2. The van der Waals surface area contributed by atoms with Gasteiger partial charge in [-0.15, -0.1) is 11.3 Å². The number of hydrogen-bond donors (Lipinski definition) is 2. The third-order valence-electron chi connectivity index (χ3n) is 3.91. The summed E-state index contributed by atoms with van der Waals surface area (Å²) in [7, 11) is 0. The number of primary amides is 1. The predicted molar refractivity (Wildman–Crippen MR) is 110 cm³/mol. The van der Waals surface area contributed by atoms with E-state index in [0.717, 1.165) is 11.3 Å². The molecule has 3 aromatic rings. The molecule has 0 saturated carbocycles. The van der Waals surface area contributed by atoms with Gasteiger partial charge in [-0.3, -0.25) is 9.59 Å². The zero-order valence-corrected chi connectivity index (χ0v) is 16.6. The summed E-state index contributed by atoms with van der Waals surface area (Å²) in [5.74, 6) is -0.419. The van der Waals surface area contributed by atoms with Crippen LogP contribution in [0, 0.1) is 6.92 Å². The molecule has 6 nitrogen and oxygen atoms in total. The Balaban J connectivity index is 1.60. The fourth-order valence-electron chi connectivity index (χ4n) is 2.51. The summed E-state index contributed by atoms with van der Waals surface area (Å²) in [6.45, 7) is 2.09. The summed E-state index contributed by atoms with van der Waals surface area (Å²) in [6.07, 6.45) is 0.173. The molecule has 0 aliphatic carbocycles. The van der Waals surface area contributed by atoms with Crippen LogP contribution in [0.5, 0.6) is 5.75 Å². The molecule has 3 N–H and O–H groups in total. The Morgan fingerprint density at radius 3 is 2.79 bits per heavy atom. The van der Waals surface area contributed by atoms with Crippen LogP contribution in [0.3, 0.4) is 0 Å². The van der Waals surface area contributed by atoms with Gasteiger partial charge < -0.3 is 15.8 Å². The summed E-state index contributed by atoms with van der Waals surface area (Å²) in [5.41, 5.74) is 8.00. The lowest BCUT2D eigenvalue weighted by Gasteiger charge is -2.08. The van der Waals surface area contributed by atoms with E-state index in [1.807, 2.05) is 36.6 Å². The van der Waals surface area contributed by atoms with Crippen LogP contribution < -0.4 is 15.8 Å². The van der Waals surface area contributed by atoms with Gasteiger partial charge in [0.05, 0.1) is 17.7 Å². The number of nitrogens with two attached hydrogens (primary N) is 1. The third kappa shape index (κ3) is 5.09. The first-order valence-corrected chi connectivity index (χ1v) is 9.69. The monoisotopic (exact) mass is 415 g/mol. The second-order valence-corrected chi connectivity index (χ2v) is 7.44. The number of thiazole rings is 1. The summed E-state index contributed by atoms with van der Waals surface area (Å²) < 4.78 is 5.65. The molecule has 1 aromatic heterocycles. The smallest absolute Gasteiger partial charge is 0.252 e. The highest BCUT2D eigenvalue weighted by molar-refractivity contribution is 7.09. The molecule has 2 amide bonds. The highest BCUT2D eigenvalue weighted by atomic mass is 35.5. The first kappa shape index (κ1) is 19.9. The highest BCUT2D eigenvalue weighted by Crippen LogP contribution is 2.24. The molecule has 8 heteroatoms. The van der Waals surface area contributed by atoms with E-state index in [2.05, 4.69) is 10.3 Å². The first-order chi connectivity index (χ1) is 13.4. The van der Waals surface area contributed by atoms with E-state index in [1.165, 1.54) is 17.4 Å². The minimum absolute atomic E-state index is 0.134. The van der Waals surface area contributed by atoms with Crippen LogP contribution in [0.15, 0.2) is 47.8 Å². The number of carbonyl (C=O) groups excluding carboxylic acids is 2. The standard InChI is InChI=1S/C20H18ClN3O3S/c1-12-4-2-3-5-16(12)24-18(25)9-19-23-14(11-28-19)10-27-17-7-6-13(21)8-15(17)20(22)26/h2-8,11H,9-10H2,1H3,(H2,22,26)(H,24,25). The van der Waals surface area contributed by atoms with E-state index < -0.39 is 5.91 Å². The van der Waals surface area contributed by atoms with Gasteiger partial charge >= 0.3 is 0 Å². The molecule has 3 rings (SSSR count). The number of halogens is 1. The number of carbonyl (C=O) groups is 2. The van der Waals surface area contributed by atoms with Crippen LogP contribution in [0.2, 0.25) is 5.02 Å². The van der Waals surface area contributed by atoms with E-state index in [4.69, 9.17) is 22.1 Å². The Morgan fingerprint density at radius 1 is 1.25 bits per heavy atom. The van der Waals surface area contributed by atoms with E-state index in [9.17, 15) is 9.59 Å². The predicted octanol–water partition coefficient (Wildman–Crippen LogP) is 3.96. The van der Waals surface area contributed by atoms with Crippen molar-refractivity contribution in [3.05, 3.63) is 74.7 Å². The fourth-order valence-corrected chi connectivity index (χ4v) is 3.46. The van der Waals surface area contributed by atoms with Gasteiger partial charge in [-0.2, -0.15) is 0 Å². The van der Waals surface area contributed by atoms with Crippen molar-refractivity contribution in [2.75, 3.05) is 5.32 Å². The van der Waals surface area contributed by atoms with Crippen LogP contribution in [0.4, 0.5) is 5.69 Å². The molecule has 2 aromatic carbocycles. The molecule has 0 atom stereocenters. The van der Waals surface area contributed by atoms with Crippen molar-refractivity contribution in [2.24, 2.45) is 5.73 Å². The molecule has 0 spiro atoms. The second-order valence-electron chi connectivity index (χ2n) is 6.07. The molecular weight excluding hydrogens is 398 g/mol. The van der Waals surface area contributed by atoms with Crippen molar-refractivity contribution >= 4 is 40.4 Å². The molecule has 1 heterocycles. The van der Waals surface area contributed by atoms with E-state index in [-0.39, 0.29) is 24.5 Å². The Kier molecular flexibility index (Phi) is 6.28. The number of hydrogen-bond acceptors (Lipinski definition) is 5. The van der Waals surface area contributed by atoms with Gasteiger partial charge in [0.2, 0.25) is 5.91 Å². The molecule has 0 saturated heterocycles. The van der Waals surface area contributed by atoms with E-state index >= 15 is 0 Å². The van der Waals surface area contributed by atoms with Crippen LogP contribution in [0.25, 0.3) is 0 Å². The van der Waals surface area contributed by atoms with Gasteiger partial charge in [0, 0.05) is 16.1 Å². The molecule has 0 radical (unpaired) electrons. The van der Waals surface area contributed by atoms with Crippen LogP contribution in [0.1, 0.15) is 26.6 Å². The van der Waals surface area contributed by atoms with Crippen molar-refractivity contribution in [3.63, 3.8) is 0 Å². The fraction of sp³-hybridized carbons (Fsp3) is 0.150. The number of nitrogens with zero attached hydrogens (tertiary/aromatic N) is 1. The normalized spacial score (nSPS) is 10.5. The summed E-state index contributed by atoms with van der Waals surface area (Å²) in [6, 6.07) is 12.3. The van der Waals surface area contributed by atoms with Crippen LogP contribution in [-0.2, 0) is 17.8 Å². The highest BCUT2D eigenvalue weighted by Gasteiger charge is 2.13. The minimum Gasteiger partial charge on any atom is -0.486 e. The SMILES string of the molecule is Cc1ccccc1NC(=O)Cc1nc(COc2ccc(Cl)cc2C(N)=O)cs1. The third-order valence-corrected chi connectivity index (χ3v) is 5.05. The molecule has 28 heavy (non-hydrogen) atoms. The van der Waals surface area contributed by atoms with Gasteiger partial charge in [-0.25, -0.2) is 4.98 Å². The molecular formula is C20H18ClN3O3S. The number of ether oxygens (including phenoxy) is 1. The number of rotatable bonds is 7. The maximum atomic E-state index is 12.2. The average molecular weight is 416 g/mol. The maximum absolute atomic E-state index is 12.2. The van der Waals surface area contributed by atoms with Crippen molar-refractivity contribution in [3.8, 4) is 5.75 Å². The number of para-hydroxylation sites is 1. The molecule has 0 aliphatic rings. The number of nitrogens with one attached hydrogen (secondary N) is 1. The molecule has 0 aliphatic heterocycles.